The van der Waals surface area contributed by atoms with E-state index < -0.39 is 96.4 Å². The summed E-state index contributed by atoms with van der Waals surface area (Å²) in [5.74, 6) is -2.36. The molecule has 0 spiro atoms. The molecule has 4 N–H and O–H groups in total. The van der Waals surface area contributed by atoms with Gasteiger partial charge in [0.05, 0.1) is 39.6 Å². The lowest BCUT2D eigenvalue weighted by Crippen LogP contribution is -2.40. The number of unbranched alkanes of at least 4 members (excludes halogenated alkanes) is 2. The second-order valence-electron chi connectivity index (χ2n) is 19.4. The van der Waals surface area contributed by atoms with Crippen LogP contribution >= 0.6 is 11.6 Å². The molecule has 0 saturated carbocycles. The minimum Gasteiger partial charge on any atom is -0.364 e. The van der Waals surface area contributed by atoms with Gasteiger partial charge in [-0.25, -0.2) is 9.79 Å². The van der Waals surface area contributed by atoms with Crippen molar-refractivity contribution < 1.29 is 71.1 Å². The van der Waals surface area contributed by atoms with Crippen LogP contribution in [-0.4, -0.2) is 116 Å². The fourth-order valence-electron chi connectivity index (χ4n) is 9.63. The van der Waals surface area contributed by atoms with Crippen LogP contribution < -0.4 is 4.90 Å². The van der Waals surface area contributed by atoms with Crippen LogP contribution in [0, 0.1) is 5.41 Å². The Labute approximate surface area is 434 Å². The molecule has 25 heteroatoms. The number of halogens is 1. The topological polar surface area (TPSA) is 300 Å². The second-order valence-corrected chi connectivity index (χ2v) is 25.8. The Bertz CT molecular complexity index is 3470. The predicted molar refractivity (Wildman–Crippen MR) is 276 cm³/mol. The smallest absolute Gasteiger partial charge is 0.333 e. The summed E-state index contributed by atoms with van der Waals surface area (Å²) in [4.78, 5) is 49.4. The molecule has 0 bridgehead atoms. The quantitative estimate of drug-likeness (QED) is 0.0385. The molecule has 4 heterocycles. The largest absolute Gasteiger partial charge is 0.364 e. The molecular formula is C49H55ClN4O16S4. The van der Waals surface area contributed by atoms with Gasteiger partial charge >= 0.3 is 5.97 Å². The van der Waals surface area contributed by atoms with E-state index in [4.69, 9.17) is 21.4 Å². The highest BCUT2D eigenvalue weighted by Crippen LogP contribution is 2.51. The zero-order chi connectivity index (χ0) is 54.3. The van der Waals surface area contributed by atoms with Crippen molar-refractivity contribution in [1.29, 1.82) is 0 Å². The number of imide groups is 1. The van der Waals surface area contributed by atoms with E-state index in [0.717, 1.165) is 11.6 Å². The molecule has 3 aromatic carbocycles. The highest BCUT2D eigenvalue weighted by molar-refractivity contribution is 7.87. The van der Waals surface area contributed by atoms with E-state index in [-0.39, 0.29) is 62.3 Å². The summed E-state index contributed by atoms with van der Waals surface area (Å²) >= 11 is 6.61. The summed E-state index contributed by atoms with van der Waals surface area (Å²) in [6, 6.07) is 11.4. The molecule has 398 valence electrons. The van der Waals surface area contributed by atoms with Crippen molar-refractivity contribution >= 4 is 97.7 Å². The van der Waals surface area contributed by atoms with E-state index >= 15 is 0 Å². The lowest BCUT2D eigenvalue weighted by Gasteiger charge is -2.33. The summed E-state index contributed by atoms with van der Waals surface area (Å²) in [7, 11) is -18.5. The number of allylic oxidation sites excluding steroid dienone is 7. The molecule has 1 unspecified atom stereocenters. The summed E-state index contributed by atoms with van der Waals surface area (Å²) in [5.41, 5.74) is 2.52. The maximum atomic E-state index is 12.9. The number of hydroxylamine groups is 2. The molecule has 7 rings (SSSR count). The lowest BCUT2D eigenvalue weighted by atomic mass is 9.78. The first kappa shape index (κ1) is 56.2. The molecular weight excluding hydrogens is 1060 g/mol. The summed E-state index contributed by atoms with van der Waals surface area (Å²) in [5, 5.41) is 0.967. The molecule has 74 heavy (non-hydrogen) atoms. The van der Waals surface area contributed by atoms with Crippen molar-refractivity contribution in [3.8, 4) is 0 Å². The highest BCUT2D eigenvalue weighted by atomic mass is 35.5. The van der Waals surface area contributed by atoms with Gasteiger partial charge in [0.1, 0.15) is 10.7 Å². The van der Waals surface area contributed by atoms with Gasteiger partial charge in [-0.2, -0.15) is 33.7 Å². The number of rotatable bonds is 20. The van der Waals surface area contributed by atoms with Crippen molar-refractivity contribution in [1.82, 2.24) is 9.96 Å². The fourth-order valence-corrected chi connectivity index (χ4v) is 12.3. The summed E-state index contributed by atoms with van der Waals surface area (Å²) < 4.78 is 136. The van der Waals surface area contributed by atoms with Gasteiger partial charge in [-0.1, -0.05) is 87.9 Å². The van der Waals surface area contributed by atoms with Crippen molar-refractivity contribution in [3.63, 3.8) is 0 Å². The monoisotopic (exact) mass is 1120 g/mol. The molecule has 20 nitrogen and oxygen atoms in total. The van der Waals surface area contributed by atoms with Crippen LogP contribution in [0.5, 0.6) is 0 Å². The number of amides is 2. The number of nitrogens with zero attached hydrogens (tertiary/aromatic N) is 4. The van der Waals surface area contributed by atoms with Gasteiger partial charge in [0.25, 0.3) is 52.3 Å². The lowest BCUT2D eigenvalue weighted by molar-refractivity contribution is -0.197. The van der Waals surface area contributed by atoms with Crippen molar-refractivity contribution in [2.24, 2.45) is 10.4 Å². The van der Waals surface area contributed by atoms with Crippen molar-refractivity contribution in [2.75, 3.05) is 29.5 Å². The number of amidine groups is 1. The number of carbonyl (C=O) groups excluding carboxylic acids is 3. The van der Waals surface area contributed by atoms with Crippen LogP contribution in [0.4, 0.5) is 5.69 Å². The van der Waals surface area contributed by atoms with E-state index in [2.05, 4.69) is 0 Å². The average Bonchev–Trinajstić information content (AvgIpc) is 3.83. The second kappa shape index (κ2) is 21.2. The fraction of sp³-hybridized carbons (Fsp3) is 0.388. The van der Waals surface area contributed by atoms with E-state index in [9.17, 15) is 66.3 Å². The van der Waals surface area contributed by atoms with Gasteiger partial charge in [0.2, 0.25) is 0 Å². The zero-order valence-electron chi connectivity index (χ0n) is 40.6. The molecule has 0 radical (unpaired) electrons. The molecule has 1 saturated heterocycles. The van der Waals surface area contributed by atoms with E-state index in [1.165, 1.54) is 6.07 Å². The first-order valence-corrected chi connectivity index (χ1v) is 29.8. The molecule has 0 aromatic heterocycles. The van der Waals surface area contributed by atoms with E-state index in [1.54, 1.807) is 30.5 Å². The first-order chi connectivity index (χ1) is 34.3. The number of carbonyl (C=O) groups is 3. The molecule has 1 atom stereocenters. The van der Waals surface area contributed by atoms with Crippen molar-refractivity contribution in [2.45, 2.75) is 100 Å². The van der Waals surface area contributed by atoms with Crippen molar-refractivity contribution in [3.05, 3.63) is 118 Å². The zero-order valence-corrected chi connectivity index (χ0v) is 44.7. The summed E-state index contributed by atoms with van der Waals surface area (Å²) in [6.45, 7) is 8.12. The highest BCUT2D eigenvalue weighted by Gasteiger charge is 2.45. The van der Waals surface area contributed by atoms with Crippen LogP contribution in [0.2, 0.25) is 0 Å². The Kier molecular flexibility index (Phi) is 16.1. The minimum absolute atomic E-state index is 0.0288. The number of anilines is 1. The maximum absolute atomic E-state index is 12.9. The van der Waals surface area contributed by atoms with Gasteiger partial charge in [-0.3, -0.25) is 27.8 Å². The number of aliphatic imine (C=N–C) groups is 1. The van der Waals surface area contributed by atoms with Gasteiger partial charge in [-0.05, 0) is 90.1 Å². The van der Waals surface area contributed by atoms with Gasteiger partial charge in [0, 0.05) is 59.6 Å². The predicted octanol–water partition coefficient (Wildman–Crippen LogP) is 6.96. The number of hydrogen-bond donors (Lipinski definition) is 4. The Hall–Kier alpha value is -5.57. The third kappa shape index (κ3) is 12.7. The van der Waals surface area contributed by atoms with Gasteiger partial charge in [-0.15, -0.1) is 5.06 Å². The Morgan fingerprint density at radius 3 is 2.09 bits per heavy atom. The van der Waals surface area contributed by atoms with Gasteiger partial charge in [0.15, 0.2) is 0 Å². The van der Waals surface area contributed by atoms with Crippen LogP contribution in [-0.2, 0) is 71.5 Å². The number of benzene rings is 3. The molecule has 1 fully saturated rings. The van der Waals surface area contributed by atoms with Crippen LogP contribution in [0.3, 0.4) is 0 Å². The molecule has 0 aliphatic carbocycles. The SMILES string of the molecule is CC1(C)C(=CC=C(C=CC2N(CCCCS(=O)(=O)O)c3ccc4c(S(=O)(=O)O)cc(S(=O)(=O)O)cc4c3C2(C)C)c2cccc(CCC(=O)ON3C(=O)CCC3=O)c2)N=C2C1=CC(Cl)=CN2CCCCS(=O)(=O)O. The van der Waals surface area contributed by atoms with Crippen LogP contribution in [0.15, 0.2) is 116 Å². The molecule has 3 aromatic rings. The number of hydrogen-bond acceptors (Lipinski definition) is 15. The first-order valence-electron chi connectivity index (χ1n) is 23.3. The van der Waals surface area contributed by atoms with E-state index in [1.807, 2.05) is 73.9 Å². The Balaban J connectivity index is 1.33. The van der Waals surface area contributed by atoms with Crippen LogP contribution in [0.25, 0.3) is 16.3 Å². The number of fused-ring (bicyclic) bond motifs is 4. The molecule has 2 amide bonds. The third-order valence-corrected chi connectivity index (χ3v) is 16.9. The Morgan fingerprint density at radius 2 is 1.47 bits per heavy atom. The van der Waals surface area contributed by atoms with Crippen LogP contribution in [0.1, 0.15) is 89.3 Å². The Morgan fingerprint density at radius 1 is 0.824 bits per heavy atom. The molecule has 4 aliphatic heterocycles. The van der Waals surface area contributed by atoms with Gasteiger partial charge < -0.3 is 14.6 Å². The summed E-state index contributed by atoms with van der Waals surface area (Å²) in [6.07, 6.45) is 11.6. The maximum Gasteiger partial charge on any atom is 0.333 e. The van der Waals surface area contributed by atoms with E-state index in [0.29, 0.717) is 68.6 Å². The number of aryl methyl sites for hydroxylation is 1. The molecule has 4 aliphatic rings. The normalized spacial score (nSPS) is 19.6. The standard InChI is InChI=1S/C49H55ClN4O16S4/c1-48(2)38-27-34(50)30-52(22-5-7-24-71(58,59)60)47(38)51-41(48)17-13-32(33-11-9-10-31(26-33)12-21-45(57)70-54-43(55)19-20-44(54)56)14-18-42-49(3,4)46-37-28-35(73(64,65)66)29-40(74(67,68)69)36(37)15-16-39(46)53(42)23-6-8-25-72(61,62)63/h9-11,13-18,26-30,42H,5-8,12,19-25H2,1-4H3,(H,58,59,60)(H,61,62,63)(H,64,65,66)(H,67,68,69). The average molecular weight is 1120 g/mol. The minimum atomic E-state index is -5.05. The third-order valence-electron chi connectivity index (χ3n) is 13.3.